The van der Waals surface area contributed by atoms with E-state index in [1.807, 2.05) is 25.1 Å². The van der Waals surface area contributed by atoms with E-state index in [4.69, 9.17) is 0 Å². The summed E-state index contributed by atoms with van der Waals surface area (Å²) in [5, 5.41) is 12.3. The third kappa shape index (κ3) is 4.04. The SMILES string of the molecule is Cc1ccc(C(=O)Nc2ccc(N3CCC[C@@H](C)C3)cc2C(=O)O)cc1. The average Bonchev–Trinajstić information content (AvgIpc) is 2.62. The number of nitrogens with zero attached hydrogens (tertiary/aromatic N) is 1. The Balaban J connectivity index is 1.84. The topological polar surface area (TPSA) is 69.6 Å². The van der Waals surface area contributed by atoms with Crippen LogP contribution in [0.5, 0.6) is 0 Å². The third-order valence-electron chi connectivity index (χ3n) is 4.82. The zero-order valence-electron chi connectivity index (χ0n) is 15.2. The van der Waals surface area contributed by atoms with E-state index in [1.54, 1.807) is 24.3 Å². The van der Waals surface area contributed by atoms with Crippen molar-refractivity contribution < 1.29 is 14.7 Å². The van der Waals surface area contributed by atoms with Gasteiger partial charge in [0.25, 0.3) is 5.91 Å². The summed E-state index contributed by atoms with van der Waals surface area (Å²) >= 11 is 0. The van der Waals surface area contributed by atoms with Crippen molar-refractivity contribution >= 4 is 23.3 Å². The number of carbonyl (C=O) groups excluding carboxylic acids is 1. The minimum Gasteiger partial charge on any atom is -0.478 e. The molecule has 1 saturated heterocycles. The Hall–Kier alpha value is -2.82. The molecule has 0 unspecified atom stereocenters. The molecule has 1 amide bonds. The molecule has 3 rings (SSSR count). The summed E-state index contributed by atoms with van der Waals surface area (Å²) in [6, 6.07) is 12.4. The molecule has 26 heavy (non-hydrogen) atoms. The van der Waals surface area contributed by atoms with E-state index in [0.29, 0.717) is 17.2 Å². The number of rotatable bonds is 4. The molecule has 1 fully saturated rings. The largest absolute Gasteiger partial charge is 0.478 e. The zero-order valence-corrected chi connectivity index (χ0v) is 15.2. The van der Waals surface area contributed by atoms with E-state index in [1.165, 1.54) is 6.42 Å². The second-order valence-electron chi connectivity index (χ2n) is 7.05. The van der Waals surface area contributed by atoms with Gasteiger partial charge >= 0.3 is 5.97 Å². The Kier molecular flexibility index (Phi) is 5.26. The van der Waals surface area contributed by atoms with Gasteiger partial charge in [-0.25, -0.2) is 4.79 Å². The van der Waals surface area contributed by atoms with Gasteiger partial charge in [-0.05, 0) is 56.0 Å². The monoisotopic (exact) mass is 352 g/mol. The van der Waals surface area contributed by atoms with Crippen LogP contribution in [0.3, 0.4) is 0 Å². The number of nitrogens with one attached hydrogen (secondary N) is 1. The predicted octanol–water partition coefficient (Wildman–Crippen LogP) is 4.18. The normalized spacial score (nSPS) is 17.0. The highest BCUT2D eigenvalue weighted by Crippen LogP contribution is 2.27. The molecular weight excluding hydrogens is 328 g/mol. The molecule has 136 valence electrons. The van der Waals surface area contributed by atoms with E-state index in [0.717, 1.165) is 30.8 Å². The van der Waals surface area contributed by atoms with Gasteiger partial charge in [-0.2, -0.15) is 0 Å². The molecular formula is C21H24N2O3. The Labute approximate surface area is 153 Å². The first-order valence-electron chi connectivity index (χ1n) is 8.94. The van der Waals surface area contributed by atoms with Crippen LogP contribution in [0.2, 0.25) is 0 Å². The number of hydrogen-bond donors (Lipinski definition) is 2. The first-order chi connectivity index (χ1) is 12.4. The lowest BCUT2D eigenvalue weighted by Gasteiger charge is -2.33. The summed E-state index contributed by atoms with van der Waals surface area (Å²) in [6.45, 7) is 6.01. The van der Waals surface area contributed by atoms with Gasteiger partial charge in [-0.1, -0.05) is 24.6 Å². The van der Waals surface area contributed by atoms with Gasteiger partial charge in [0.05, 0.1) is 11.3 Å². The molecule has 2 N–H and O–H groups in total. The summed E-state index contributed by atoms with van der Waals surface area (Å²) in [7, 11) is 0. The van der Waals surface area contributed by atoms with E-state index in [-0.39, 0.29) is 11.5 Å². The Morgan fingerprint density at radius 3 is 2.54 bits per heavy atom. The smallest absolute Gasteiger partial charge is 0.337 e. The van der Waals surface area contributed by atoms with Crippen LogP contribution in [0.15, 0.2) is 42.5 Å². The number of carbonyl (C=O) groups is 2. The second kappa shape index (κ2) is 7.60. The van der Waals surface area contributed by atoms with Crippen molar-refractivity contribution in [3.63, 3.8) is 0 Å². The van der Waals surface area contributed by atoms with Gasteiger partial charge < -0.3 is 15.3 Å². The molecule has 0 aliphatic carbocycles. The van der Waals surface area contributed by atoms with Gasteiger partial charge in [0.1, 0.15) is 0 Å². The number of hydrogen-bond acceptors (Lipinski definition) is 3. The minimum absolute atomic E-state index is 0.112. The maximum absolute atomic E-state index is 12.4. The molecule has 5 heteroatoms. The molecule has 0 bridgehead atoms. The number of benzene rings is 2. The fourth-order valence-corrected chi connectivity index (χ4v) is 3.34. The molecule has 5 nitrogen and oxygen atoms in total. The lowest BCUT2D eigenvalue weighted by molar-refractivity contribution is 0.0698. The van der Waals surface area contributed by atoms with Gasteiger partial charge in [-0.3, -0.25) is 4.79 Å². The van der Waals surface area contributed by atoms with Crippen molar-refractivity contribution in [1.82, 2.24) is 0 Å². The van der Waals surface area contributed by atoms with Crippen LogP contribution in [0.4, 0.5) is 11.4 Å². The van der Waals surface area contributed by atoms with Crippen LogP contribution in [0, 0.1) is 12.8 Å². The summed E-state index contributed by atoms with van der Waals surface area (Å²) in [5.74, 6) is -0.763. The highest BCUT2D eigenvalue weighted by atomic mass is 16.4. The van der Waals surface area contributed by atoms with Crippen LogP contribution in [0.1, 0.15) is 46.0 Å². The number of anilines is 2. The summed E-state index contributed by atoms with van der Waals surface area (Å²) in [6.07, 6.45) is 2.31. The van der Waals surface area contributed by atoms with Gasteiger partial charge in [0, 0.05) is 24.3 Å². The van der Waals surface area contributed by atoms with Crippen molar-refractivity contribution in [2.75, 3.05) is 23.3 Å². The first-order valence-corrected chi connectivity index (χ1v) is 8.94. The highest BCUT2D eigenvalue weighted by molar-refractivity contribution is 6.08. The number of carboxylic acid groups (broad SMARTS) is 1. The Morgan fingerprint density at radius 1 is 1.15 bits per heavy atom. The molecule has 1 aliphatic rings. The first kappa shape index (κ1) is 18.0. The van der Waals surface area contributed by atoms with Gasteiger partial charge in [-0.15, -0.1) is 0 Å². The highest BCUT2D eigenvalue weighted by Gasteiger charge is 2.20. The van der Waals surface area contributed by atoms with Crippen molar-refractivity contribution in [3.05, 3.63) is 59.2 Å². The van der Waals surface area contributed by atoms with Crippen LogP contribution < -0.4 is 10.2 Å². The van der Waals surface area contributed by atoms with E-state index >= 15 is 0 Å². The number of amides is 1. The molecule has 0 saturated carbocycles. The fourth-order valence-electron chi connectivity index (χ4n) is 3.34. The fraction of sp³-hybridized carbons (Fsp3) is 0.333. The Bertz CT molecular complexity index is 815. The van der Waals surface area contributed by atoms with Crippen LogP contribution in [0.25, 0.3) is 0 Å². The van der Waals surface area contributed by atoms with E-state index in [2.05, 4.69) is 17.1 Å². The molecule has 2 aromatic rings. The van der Waals surface area contributed by atoms with Crippen molar-refractivity contribution in [2.24, 2.45) is 5.92 Å². The van der Waals surface area contributed by atoms with Crippen molar-refractivity contribution in [1.29, 1.82) is 0 Å². The summed E-state index contributed by atoms with van der Waals surface area (Å²) in [5.41, 5.74) is 2.88. The van der Waals surface area contributed by atoms with Crippen LogP contribution in [-0.2, 0) is 0 Å². The molecule has 1 heterocycles. The lowest BCUT2D eigenvalue weighted by atomic mass is 9.99. The Morgan fingerprint density at radius 2 is 1.88 bits per heavy atom. The van der Waals surface area contributed by atoms with Crippen molar-refractivity contribution in [3.8, 4) is 0 Å². The number of carboxylic acids is 1. The summed E-state index contributed by atoms with van der Waals surface area (Å²) in [4.78, 5) is 26.3. The van der Waals surface area contributed by atoms with E-state index in [9.17, 15) is 14.7 Å². The number of aryl methyl sites for hydroxylation is 1. The third-order valence-corrected chi connectivity index (χ3v) is 4.82. The van der Waals surface area contributed by atoms with E-state index < -0.39 is 5.97 Å². The molecule has 1 atom stereocenters. The second-order valence-corrected chi connectivity index (χ2v) is 7.05. The van der Waals surface area contributed by atoms with Gasteiger partial charge in [0.15, 0.2) is 0 Å². The van der Waals surface area contributed by atoms with Gasteiger partial charge in [0.2, 0.25) is 0 Å². The van der Waals surface area contributed by atoms with Crippen molar-refractivity contribution in [2.45, 2.75) is 26.7 Å². The number of piperidine rings is 1. The predicted molar refractivity (Wildman–Crippen MR) is 103 cm³/mol. The molecule has 0 spiro atoms. The molecule has 0 radical (unpaired) electrons. The quantitative estimate of drug-likeness (QED) is 0.866. The maximum atomic E-state index is 12.4. The molecule has 0 aromatic heterocycles. The lowest BCUT2D eigenvalue weighted by Crippen LogP contribution is -2.34. The van der Waals surface area contributed by atoms with Crippen LogP contribution >= 0.6 is 0 Å². The maximum Gasteiger partial charge on any atom is 0.337 e. The average molecular weight is 352 g/mol. The standard InChI is InChI=1S/C21H24N2O3/c1-14-5-7-16(8-6-14)20(24)22-19-10-9-17(12-18(19)21(25)26)23-11-3-4-15(2)13-23/h5-10,12,15H,3-4,11,13H2,1-2H3,(H,22,24)(H,25,26)/t15-/m1/s1. The number of aromatic carboxylic acids is 1. The zero-order chi connectivity index (χ0) is 18.7. The summed E-state index contributed by atoms with van der Waals surface area (Å²) < 4.78 is 0. The molecule has 1 aliphatic heterocycles. The minimum atomic E-state index is -1.05. The van der Waals surface area contributed by atoms with Crippen LogP contribution in [-0.4, -0.2) is 30.1 Å². The molecule has 2 aromatic carbocycles.